The molecule has 0 aliphatic rings. The Bertz CT molecular complexity index is 811. The molecule has 0 radical (unpaired) electrons. The first-order valence-electron chi connectivity index (χ1n) is 9.61. The van der Waals surface area contributed by atoms with Gasteiger partial charge < -0.3 is 14.8 Å². The lowest BCUT2D eigenvalue weighted by Crippen LogP contribution is -2.37. The summed E-state index contributed by atoms with van der Waals surface area (Å²) in [7, 11) is 1.49. The zero-order valence-electron chi connectivity index (χ0n) is 17.3. The highest BCUT2D eigenvalue weighted by atomic mass is 19.4. The molecule has 1 amide bonds. The van der Waals surface area contributed by atoms with Crippen LogP contribution in [0, 0.1) is 0 Å². The maximum absolute atomic E-state index is 13.1. The van der Waals surface area contributed by atoms with Gasteiger partial charge in [0.15, 0.2) is 0 Å². The molecule has 0 spiro atoms. The highest BCUT2D eigenvalue weighted by molar-refractivity contribution is 5.93. The Balaban J connectivity index is 2.15. The standard InChI is InChI=1S/C22H27F3N2O3/c1-16(2)27(14-17-7-5-4-6-8-17)15-21(28)26-19-13-18(22(23,24)25)9-10-20(19)30-12-11-29-3/h4-10,13,16H,11-12,14-15H2,1-3H3,(H,26,28). The number of methoxy groups -OCH3 is 1. The van der Waals surface area contributed by atoms with Gasteiger partial charge in [-0.3, -0.25) is 9.69 Å². The average molecular weight is 424 g/mol. The number of ether oxygens (including phenoxy) is 2. The molecule has 0 aliphatic carbocycles. The predicted molar refractivity (Wildman–Crippen MR) is 109 cm³/mol. The topological polar surface area (TPSA) is 50.8 Å². The first-order valence-corrected chi connectivity index (χ1v) is 9.61. The molecular formula is C22H27F3N2O3. The van der Waals surface area contributed by atoms with E-state index in [2.05, 4.69) is 5.32 Å². The van der Waals surface area contributed by atoms with E-state index in [0.717, 1.165) is 17.7 Å². The van der Waals surface area contributed by atoms with Gasteiger partial charge in [-0.25, -0.2) is 0 Å². The van der Waals surface area contributed by atoms with Crippen LogP contribution >= 0.6 is 0 Å². The molecule has 8 heteroatoms. The monoisotopic (exact) mass is 424 g/mol. The highest BCUT2D eigenvalue weighted by Crippen LogP contribution is 2.35. The van der Waals surface area contributed by atoms with Crippen LogP contribution in [0.3, 0.4) is 0 Å². The molecule has 5 nitrogen and oxygen atoms in total. The van der Waals surface area contributed by atoms with Crippen molar-refractivity contribution in [3.63, 3.8) is 0 Å². The Kier molecular flexibility index (Phi) is 8.68. The van der Waals surface area contributed by atoms with Crippen LogP contribution in [0.25, 0.3) is 0 Å². The van der Waals surface area contributed by atoms with E-state index in [1.165, 1.54) is 13.2 Å². The molecular weight excluding hydrogens is 397 g/mol. The molecule has 0 bridgehead atoms. The summed E-state index contributed by atoms with van der Waals surface area (Å²) in [6.07, 6.45) is -4.53. The summed E-state index contributed by atoms with van der Waals surface area (Å²) < 4.78 is 49.7. The van der Waals surface area contributed by atoms with Gasteiger partial charge in [-0.05, 0) is 37.6 Å². The summed E-state index contributed by atoms with van der Waals surface area (Å²) in [6, 6.07) is 12.7. The fraction of sp³-hybridized carbons (Fsp3) is 0.409. The van der Waals surface area contributed by atoms with E-state index >= 15 is 0 Å². The van der Waals surface area contributed by atoms with Crippen molar-refractivity contribution in [2.75, 3.05) is 32.2 Å². The second-order valence-corrected chi connectivity index (χ2v) is 7.08. The molecule has 0 fully saturated rings. The minimum atomic E-state index is -4.53. The van der Waals surface area contributed by atoms with E-state index < -0.39 is 17.6 Å². The van der Waals surface area contributed by atoms with Crippen LogP contribution in [0.15, 0.2) is 48.5 Å². The summed E-state index contributed by atoms with van der Waals surface area (Å²) in [5, 5.41) is 2.57. The highest BCUT2D eigenvalue weighted by Gasteiger charge is 2.31. The Hall–Kier alpha value is -2.58. The maximum atomic E-state index is 13.1. The van der Waals surface area contributed by atoms with Crippen molar-refractivity contribution in [2.24, 2.45) is 0 Å². The van der Waals surface area contributed by atoms with E-state index in [4.69, 9.17) is 9.47 Å². The van der Waals surface area contributed by atoms with E-state index in [0.29, 0.717) is 6.54 Å². The van der Waals surface area contributed by atoms with Crippen molar-refractivity contribution in [1.29, 1.82) is 0 Å². The second-order valence-electron chi connectivity index (χ2n) is 7.08. The van der Waals surface area contributed by atoms with Gasteiger partial charge in [-0.15, -0.1) is 0 Å². The largest absolute Gasteiger partial charge is 0.489 e. The quantitative estimate of drug-likeness (QED) is 0.568. The van der Waals surface area contributed by atoms with Gasteiger partial charge in [0, 0.05) is 19.7 Å². The Labute approximate surface area is 174 Å². The van der Waals surface area contributed by atoms with Crippen LogP contribution in [0.1, 0.15) is 25.0 Å². The summed E-state index contributed by atoms with van der Waals surface area (Å²) in [5.41, 5.74) is 0.165. The third-order valence-electron chi connectivity index (χ3n) is 4.43. The number of halogens is 3. The number of benzene rings is 2. The van der Waals surface area contributed by atoms with Crippen molar-refractivity contribution in [2.45, 2.75) is 32.6 Å². The Morgan fingerprint density at radius 2 is 1.80 bits per heavy atom. The fourth-order valence-corrected chi connectivity index (χ4v) is 2.78. The molecule has 0 saturated carbocycles. The average Bonchev–Trinajstić information content (AvgIpc) is 2.68. The number of nitrogens with zero attached hydrogens (tertiary/aromatic N) is 1. The third kappa shape index (κ3) is 7.35. The van der Waals surface area contributed by atoms with Gasteiger partial charge in [0.1, 0.15) is 12.4 Å². The van der Waals surface area contributed by atoms with Gasteiger partial charge in [-0.1, -0.05) is 30.3 Å². The van der Waals surface area contributed by atoms with E-state index in [1.807, 2.05) is 49.1 Å². The number of hydrogen-bond donors (Lipinski definition) is 1. The lowest BCUT2D eigenvalue weighted by Gasteiger charge is -2.26. The summed E-state index contributed by atoms with van der Waals surface area (Å²) >= 11 is 0. The third-order valence-corrected chi connectivity index (χ3v) is 4.43. The van der Waals surface area contributed by atoms with Gasteiger partial charge in [0.2, 0.25) is 5.91 Å². The van der Waals surface area contributed by atoms with Crippen LogP contribution in [-0.2, 0) is 22.3 Å². The number of nitrogens with one attached hydrogen (secondary N) is 1. The molecule has 1 N–H and O–H groups in total. The molecule has 0 aromatic heterocycles. The van der Waals surface area contributed by atoms with Crippen LogP contribution in [-0.4, -0.2) is 43.7 Å². The zero-order chi connectivity index (χ0) is 22.1. The van der Waals surface area contributed by atoms with E-state index in [-0.39, 0.29) is 37.2 Å². The number of rotatable bonds is 10. The molecule has 0 saturated heterocycles. The second kappa shape index (κ2) is 11.0. The molecule has 2 aromatic carbocycles. The lowest BCUT2D eigenvalue weighted by atomic mass is 10.1. The van der Waals surface area contributed by atoms with Crippen molar-refractivity contribution >= 4 is 11.6 Å². The molecule has 0 heterocycles. The maximum Gasteiger partial charge on any atom is 0.416 e. The summed E-state index contributed by atoms with van der Waals surface area (Å²) in [6.45, 7) is 4.91. The lowest BCUT2D eigenvalue weighted by molar-refractivity contribution is -0.137. The molecule has 0 aliphatic heterocycles. The van der Waals surface area contributed by atoms with Gasteiger partial charge in [0.25, 0.3) is 0 Å². The summed E-state index contributed by atoms with van der Waals surface area (Å²) in [5.74, 6) is -0.261. The van der Waals surface area contributed by atoms with Crippen molar-refractivity contribution in [1.82, 2.24) is 4.90 Å². The Morgan fingerprint density at radius 1 is 1.10 bits per heavy atom. The first-order chi connectivity index (χ1) is 14.2. The molecule has 0 atom stereocenters. The fourth-order valence-electron chi connectivity index (χ4n) is 2.78. The molecule has 2 rings (SSSR count). The number of hydrogen-bond acceptors (Lipinski definition) is 4. The van der Waals surface area contributed by atoms with Crippen LogP contribution in [0.5, 0.6) is 5.75 Å². The molecule has 164 valence electrons. The van der Waals surface area contributed by atoms with Crippen molar-refractivity contribution in [3.05, 3.63) is 59.7 Å². The number of carbonyl (C=O) groups excluding carboxylic acids is 1. The summed E-state index contributed by atoms with van der Waals surface area (Å²) in [4.78, 5) is 14.6. The SMILES string of the molecule is COCCOc1ccc(C(F)(F)F)cc1NC(=O)CN(Cc1ccccc1)C(C)C. The van der Waals surface area contributed by atoms with Crippen molar-refractivity contribution < 1.29 is 27.4 Å². The van der Waals surface area contributed by atoms with Crippen LogP contribution in [0.4, 0.5) is 18.9 Å². The predicted octanol–water partition coefficient (Wildman–Crippen LogP) is 4.58. The minimum absolute atomic E-state index is 0.0191. The van der Waals surface area contributed by atoms with Gasteiger partial charge in [-0.2, -0.15) is 13.2 Å². The number of anilines is 1. The van der Waals surface area contributed by atoms with E-state index in [9.17, 15) is 18.0 Å². The minimum Gasteiger partial charge on any atom is -0.489 e. The zero-order valence-corrected chi connectivity index (χ0v) is 17.3. The molecule has 30 heavy (non-hydrogen) atoms. The van der Waals surface area contributed by atoms with Gasteiger partial charge >= 0.3 is 6.18 Å². The Morgan fingerprint density at radius 3 is 2.40 bits per heavy atom. The van der Waals surface area contributed by atoms with Crippen LogP contribution in [0.2, 0.25) is 0 Å². The normalized spacial score (nSPS) is 11.7. The smallest absolute Gasteiger partial charge is 0.416 e. The first kappa shape index (κ1) is 23.7. The van der Waals surface area contributed by atoms with Crippen LogP contribution < -0.4 is 10.1 Å². The number of amides is 1. The van der Waals surface area contributed by atoms with E-state index in [1.54, 1.807) is 0 Å². The molecule has 2 aromatic rings. The number of carbonyl (C=O) groups is 1. The van der Waals surface area contributed by atoms with Gasteiger partial charge in [0.05, 0.1) is 24.4 Å². The number of alkyl halides is 3. The molecule has 0 unspecified atom stereocenters. The van der Waals surface area contributed by atoms with Crippen molar-refractivity contribution in [3.8, 4) is 5.75 Å².